The molecule has 140 valence electrons. The fraction of sp³-hybridized carbons (Fsp3) is 0.571. The number of carbonyl (C=O) groups excluding carboxylic acids is 1. The Hall–Kier alpha value is -2.17. The molecular weight excluding hydrogens is 326 g/mol. The molecule has 2 aromatic rings. The second-order valence-electron chi connectivity index (χ2n) is 7.97. The molecule has 0 spiro atoms. The Labute approximate surface area is 155 Å². The second kappa shape index (κ2) is 8.02. The van der Waals surface area contributed by atoms with Crippen LogP contribution in [0.25, 0.3) is 0 Å². The monoisotopic (exact) mass is 355 g/mol. The zero-order valence-corrected chi connectivity index (χ0v) is 16.2. The Morgan fingerprint density at radius 2 is 1.88 bits per heavy atom. The van der Waals surface area contributed by atoms with Crippen LogP contribution in [0.3, 0.4) is 0 Å². The van der Waals surface area contributed by atoms with E-state index in [1.807, 2.05) is 0 Å². The normalized spacial score (nSPS) is 16.5. The SMILES string of the molecule is Cc1ccc(C(CC(=O)NC(CC(C)C)c2nnc(C)o2)C2CC2)cc1. The van der Waals surface area contributed by atoms with Crippen LogP contribution in [0.5, 0.6) is 0 Å². The van der Waals surface area contributed by atoms with E-state index in [-0.39, 0.29) is 11.9 Å². The summed E-state index contributed by atoms with van der Waals surface area (Å²) >= 11 is 0. The molecule has 1 heterocycles. The van der Waals surface area contributed by atoms with E-state index in [0.717, 1.165) is 6.42 Å². The molecule has 1 amide bonds. The second-order valence-corrected chi connectivity index (χ2v) is 7.97. The zero-order chi connectivity index (χ0) is 18.7. The van der Waals surface area contributed by atoms with Crippen LogP contribution in [0.2, 0.25) is 0 Å². The number of hydrogen-bond donors (Lipinski definition) is 1. The van der Waals surface area contributed by atoms with Crippen LogP contribution >= 0.6 is 0 Å². The van der Waals surface area contributed by atoms with E-state index in [1.165, 1.54) is 24.0 Å². The fourth-order valence-electron chi connectivity index (χ4n) is 3.47. The van der Waals surface area contributed by atoms with Crippen LogP contribution in [0, 0.1) is 25.7 Å². The Morgan fingerprint density at radius 1 is 1.19 bits per heavy atom. The third-order valence-corrected chi connectivity index (χ3v) is 4.98. The molecule has 5 nitrogen and oxygen atoms in total. The number of nitrogens with zero attached hydrogens (tertiary/aromatic N) is 2. The number of nitrogens with one attached hydrogen (secondary N) is 1. The molecule has 0 bridgehead atoms. The van der Waals surface area contributed by atoms with Crippen molar-refractivity contribution >= 4 is 5.91 Å². The van der Waals surface area contributed by atoms with Gasteiger partial charge in [-0.3, -0.25) is 4.79 Å². The molecule has 1 aliphatic rings. The lowest BCUT2D eigenvalue weighted by Crippen LogP contribution is -2.31. The molecule has 1 N–H and O–H groups in total. The van der Waals surface area contributed by atoms with Gasteiger partial charge in [0, 0.05) is 13.3 Å². The first kappa shape index (κ1) is 18.6. The minimum Gasteiger partial charge on any atom is -0.423 e. The molecule has 5 heteroatoms. The van der Waals surface area contributed by atoms with Crippen LogP contribution in [-0.4, -0.2) is 16.1 Å². The third-order valence-electron chi connectivity index (χ3n) is 4.98. The maximum Gasteiger partial charge on any atom is 0.238 e. The Morgan fingerprint density at radius 3 is 2.42 bits per heavy atom. The average molecular weight is 355 g/mol. The van der Waals surface area contributed by atoms with Crippen LogP contribution < -0.4 is 5.32 Å². The summed E-state index contributed by atoms with van der Waals surface area (Å²) in [4.78, 5) is 12.8. The van der Waals surface area contributed by atoms with E-state index in [0.29, 0.717) is 36.0 Å². The molecule has 0 aliphatic heterocycles. The Balaban J connectivity index is 1.69. The van der Waals surface area contributed by atoms with E-state index >= 15 is 0 Å². The first-order valence-corrected chi connectivity index (χ1v) is 9.58. The summed E-state index contributed by atoms with van der Waals surface area (Å²) in [5.41, 5.74) is 2.51. The summed E-state index contributed by atoms with van der Waals surface area (Å²) in [6, 6.07) is 8.37. The highest BCUT2D eigenvalue weighted by atomic mass is 16.4. The van der Waals surface area contributed by atoms with Crippen molar-refractivity contribution < 1.29 is 9.21 Å². The number of rotatable bonds is 8. The summed E-state index contributed by atoms with van der Waals surface area (Å²) < 4.78 is 5.57. The molecule has 0 saturated heterocycles. The minimum atomic E-state index is -0.221. The van der Waals surface area contributed by atoms with Crippen molar-refractivity contribution in [1.29, 1.82) is 0 Å². The van der Waals surface area contributed by atoms with Gasteiger partial charge >= 0.3 is 0 Å². The molecule has 2 unspecified atom stereocenters. The summed E-state index contributed by atoms with van der Waals surface area (Å²) in [6.45, 7) is 8.11. The smallest absolute Gasteiger partial charge is 0.238 e. The molecular formula is C21H29N3O2. The molecule has 1 aromatic heterocycles. The standard InChI is InChI=1S/C21H29N3O2/c1-13(2)11-19(21-24-23-15(4)26-21)22-20(25)12-18(17-9-10-17)16-7-5-14(3)6-8-16/h5-8,13,17-19H,9-12H2,1-4H3,(H,22,25). The van der Waals surface area contributed by atoms with Gasteiger partial charge in [0.2, 0.25) is 17.7 Å². The predicted molar refractivity (Wildman–Crippen MR) is 101 cm³/mol. The van der Waals surface area contributed by atoms with Gasteiger partial charge in [-0.1, -0.05) is 43.7 Å². The van der Waals surface area contributed by atoms with Gasteiger partial charge in [0.15, 0.2) is 0 Å². The van der Waals surface area contributed by atoms with Gasteiger partial charge in [0.05, 0.1) is 0 Å². The van der Waals surface area contributed by atoms with Crippen molar-refractivity contribution in [1.82, 2.24) is 15.5 Å². The van der Waals surface area contributed by atoms with Crippen LogP contribution in [0.15, 0.2) is 28.7 Å². The first-order valence-electron chi connectivity index (χ1n) is 9.58. The predicted octanol–water partition coefficient (Wildman–Crippen LogP) is 4.47. The van der Waals surface area contributed by atoms with E-state index in [9.17, 15) is 4.79 Å². The van der Waals surface area contributed by atoms with E-state index < -0.39 is 0 Å². The Bertz CT molecular complexity index is 732. The topological polar surface area (TPSA) is 68.0 Å². The van der Waals surface area contributed by atoms with Crippen molar-refractivity contribution in [2.24, 2.45) is 11.8 Å². The van der Waals surface area contributed by atoms with Gasteiger partial charge in [-0.05, 0) is 49.5 Å². The quantitative estimate of drug-likeness (QED) is 0.758. The number of benzene rings is 1. The molecule has 1 fully saturated rings. The molecule has 26 heavy (non-hydrogen) atoms. The van der Waals surface area contributed by atoms with E-state index in [4.69, 9.17) is 4.42 Å². The van der Waals surface area contributed by atoms with Gasteiger partial charge in [-0.15, -0.1) is 10.2 Å². The van der Waals surface area contributed by atoms with Crippen LogP contribution in [0.4, 0.5) is 0 Å². The average Bonchev–Trinajstić information content (AvgIpc) is 3.33. The summed E-state index contributed by atoms with van der Waals surface area (Å²) in [5, 5.41) is 11.2. The lowest BCUT2D eigenvalue weighted by Gasteiger charge is -2.21. The number of hydrogen-bond acceptors (Lipinski definition) is 4. The highest BCUT2D eigenvalue weighted by Crippen LogP contribution is 2.44. The summed E-state index contributed by atoms with van der Waals surface area (Å²) in [5.74, 6) is 2.42. The number of amides is 1. The van der Waals surface area contributed by atoms with Gasteiger partial charge in [-0.25, -0.2) is 0 Å². The van der Waals surface area contributed by atoms with Gasteiger partial charge in [-0.2, -0.15) is 0 Å². The molecule has 1 saturated carbocycles. The fourth-order valence-corrected chi connectivity index (χ4v) is 3.47. The largest absolute Gasteiger partial charge is 0.423 e. The lowest BCUT2D eigenvalue weighted by atomic mass is 9.90. The van der Waals surface area contributed by atoms with Gasteiger partial charge < -0.3 is 9.73 Å². The van der Waals surface area contributed by atoms with Crippen LogP contribution in [-0.2, 0) is 4.79 Å². The lowest BCUT2D eigenvalue weighted by molar-refractivity contribution is -0.122. The van der Waals surface area contributed by atoms with Crippen LogP contribution in [0.1, 0.15) is 74.4 Å². The Kier molecular flexibility index (Phi) is 5.74. The molecule has 1 aromatic carbocycles. The number of aryl methyl sites for hydroxylation is 2. The maximum atomic E-state index is 12.8. The van der Waals surface area contributed by atoms with Crippen molar-refractivity contribution in [3.05, 3.63) is 47.2 Å². The van der Waals surface area contributed by atoms with E-state index in [1.54, 1.807) is 6.92 Å². The summed E-state index contributed by atoms with van der Waals surface area (Å²) in [6.07, 6.45) is 3.72. The molecule has 2 atom stereocenters. The van der Waals surface area contributed by atoms with Crippen molar-refractivity contribution in [2.45, 2.75) is 65.3 Å². The molecule has 0 radical (unpaired) electrons. The highest BCUT2D eigenvalue weighted by Gasteiger charge is 2.34. The zero-order valence-electron chi connectivity index (χ0n) is 16.2. The minimum absolute atomic E-state index is 0.0592. The van der Waals surface area contributed by atoms with E-state index in [2.05, 4.69) is 60.6 Å². The van der Waals surface area contributed by atoms with Gasteiger partial charge in [0.1, 0.15) is 6.04 Å². The van der Waals surface area contributed by atoms with Gasteiger partial charge in [0.25, 0.3) is 0 Å². The summed E-state index contributed by atoms with van der Waals surface area (Å²) in [7, 11) is 0. The first-order chi connectivity index (χ1) is 12.4. The number of carbonyl (C=O) groups is 1. The van der Waals surface area contributed by atoms with Crippen molar-refractivity contribution in [3.8, 4) is 0 Å². The highest BCUT2D eigenvalue weighted by molar-refractivity contribution is 5.77. The van der Waals surface area contributed by atoms with Crippen molar-refractivity contribution in [3.63, 3.8) is 0 Å². The molecule has 3 rings (SSSR count). The maximum absolute atomic E-state index is 12.8. The third kappa shape index (κ3) is 4.93. The number of aromatic nitrogens is 2. The molecule has 1 aliphatic carbocycles. The van der Waals surface area contributed by atoms with Crippen molar-refractivity contribution in [2.75, 3.05) is 0 Å².